The van der Waals surface area contributed by atoms with Crippen molar-refractivity contribution in [1.29, 1.82) is 0 Å². The van der Waals surface area contributed by atoms with Crippen LogP contribution in [0.25, 0.3) is 0 Å². The minimum atomic E-state index is -0.979. The average Bonchev–Trinajstić information content (AvgIpc) is 3.19. The molecule has 2 unspecified atom stereocenters. The fourth-order valence-electron chi connectivity index (χ4n) is 6.73. The number of carboxylic acid groups (broad SMARTS) is 1. The van der Waals surface area contributed by atoms with Crippen LogP contribution in [-0.2, 0) is 14.4 Å². The Balaban J connectivity index is 2.09. The summed E-state index contributed by atoms with van der Waals surface area (Å²) in [6.45, 7) is 16.3. The van der Waals surface area contributed by atoms with E-state index in [1.54, 1.807) is 11.0 Å². The summed E-state index contributed by atoms with van der Waals surface area (Å²) in [5.74, 6) is -3.05. The molecular weight excluding hydrogens is 428 g/mol. The minimum Gasteiger partial charge on any atom is -0.481 e. The number of thioether (sulfide) groups is 1. The van der Waals surface area contributed by atoms with Gasteiger partial charge >= 0.3 is 5.97 Å². The summed E-state index contributed by atoms with van der Waals surface area (Å²) in [5, 5.41) is 19.7. The topological polar surface area (TPSA) is 98.2 Å². The third-order valence-corrected chi connectivity index (χ3v) is 9.37. The van der Waals surface area contributed by atoms with E-state index >= 15 is 0 Å². The van der Waals surface area contributed by atoms with Gasteiger partial charge < -0.3 is 20.0 Å². The van der Waals surface area contributed by atoms with E-state index in [-0.39, 0.29) is 30.4 Å². The second-order valence-electron chi connectivity index (χ2n) is 11.6. The number of hydrogen-bond acceptors (Lipinski definition) is 5. The molecule has 3 saturated heterocycles. The number of aliphatic carboxylic acids is 1. The van der Waals surface area contributed by atoms with Gasteiger partial charge in [0.05, 0.1) is 23.2 Å². The summed E-state index contributed by atoms with van der Waals surface area (Å²) in [6, 6.07) is -0.789. The number of amides is 2. The summed E-state index contributed by atoms with van der Waals surface area (Å²) in [6.07, 6.45) is 3.72. The lowest BCUT2D eigenvalue weighted by atomic mass is 9.66. The van der Waals surface area contributed by atoms with E-state index in [1.165, 1.54) is 16.7 Å². The second kappa shape index (κ2) is 8.05. The van der Waals surface area contributed by atoms with E-state index in [4.69, 9.17) is 0 Å². The molecule has 32 heavy (non-hydrogen) atoms. The molecule has 0 aliphatic carbocycles. The van der Waals surface area contributed by atoms with Crippen LogP contribution in [0, 0.1) is 17.3 Å². The van der Waals surface area contributed by atoms with Gasteiger partial charge in [-0.05, 0) is 45.4 Å². The number of carbonyl (C=O) groups excluding carboxylic acids is 2. The van der Waals surface area contributed by atoms with E-state index in [2.05, 4.69) is 27.4 Å². The highest BCUT2D eigenvalue weighted by Crippen LogP contribution is 2.71. The number of carbonyl (C=O) groups is 3. The van der Waals surface area contributed by atoms with Gasteiger partial charge in [0.1, 0.15) is 6.04 Å². The number of nitrogens with zero attached hydrogens (tertiary/aromatic N) is 2. The molecule has 8 heteroatoms. The number of carboxylic acids is 1. The maximum Gasteiger partial charge on any atom is 0.308 e. The van der Waals surface area contributed by atoms with Crippen molar-refractivity contribution < 1.29 is 24.6 Å². The zero-order valence-corrected chi connectivity index (χ0v) is 21.0. The van der Waals surface area contributed by atoms with Crippen molar-refractivity contribution in [1.82, 2.24) is 9.80 Å². The molecule has 5 atom stereocenters. The number of β-amino-alcohol motifs (C(OH)–C–C–N with tert-alkyl or cyclic N) is 1. The highest BCUT2D eigenvalue weighted by atomic mass is 32.2. The Bertz CT molecular complexity index is 822. The minimum absolute atomic E-state index is 0.0251. The van der Waals surface area contributed by atoms with Gasteiger partial charge in [-0.15, -0.1) is 18.3 Å². The molecule has 2 amide bonds. The van der Waals surface area contributed by atoms with E-state index in [0.29, 0.717) is 19.4 Å². The van der Waals surface area contributed by atoms with Crippen LogP contribution in [0.1, 0.15) is 60.8 Å². The molecule has 7 nitrogen and oxygen atoms in total. The van der Waals surface area contributed by atoms with Crippen LogP contribution in [0.15, 0.2) is 12.7 Å². The van der Waals surface area contributed by atoms with Gasteiger partial charge in [0.25, 0.3) is 0 Å². The Labute approximate surface area is 195 Å². The summed E-state index contributed by atoms with van der Waals surface area (Å²) >= 11 is 1.52. The Morgan fingerprint density at radius 1 is 1.28 bits per heavy atom. The molecule has 0 aromatic carbocycles. The molecule has 3 aliphatic rings. The largest absolute Gasteiger partial charge is 0.481 e. The highest BCUT2D eigenvalue weighted by molar-refractivity contribution is 8.02. The van der Waals surface area contributed by atoms with E-state index in [1.807, 2.05) is 20.8 Å². The van der Waals surface area contributed by atoms with Crippen LogP contribution in [0.5, 0.6) is 0 Å². The van der Waals surface area contributed by atoms with Crippen LogP contribution in [-0.4, -0.2) is 78.6 Å². The molecule has 0 aromatic rings. The molecule has 1 spiro atoms. The van der Waals surface area contributed by atoms with Crippen molar-refractivity contribution >= 4 is 29.5 Å². The summed E-state index contributed by atoms with van der Waals surface area (Å²) in [4.78, 5) is 43.3. The summed E-state index contributed by atoms with van der Waals surface area (Å²) in [7, 11) is 0. The number of fused-ring (bicyclic) bond motifs is 1. The molecule has 2 bridgehead atoms. The van der Waals surface area contributed by atoms with Gasteiger partial charge in [0, 0.05) is 23.4 Å². The van der Waals surface area contributed by atoms with E-state index < -0.39 is 38.9 Å². The number of rotatable bonds is 8. The van der Waals surface area contributed by atoms with Crippen LogP contribution in [0.3, 0.4) is 0 Å². The quantitative estimate of drug-likeness (QED) is 0.534. The fourth-order valence-corrected chi connectivity index (χ4v) is 9.08. The van der Waals surface area contributed by atoms with Crippen molar-refractivity contribution in [3.63, 3.8) is 0 Å². The molecule has 180 valence electrons. The third kappa shape index (κ3) is 3.77. The molecule has 3 aliphatic heterocycles. The summed E-state index contributed by atoms with van der Waals surface area (Å²) < 4.78 is -1.35. The van der Waals surface area contributed by atoms with Gasteiger partial charge in [-0.25, -0.2) is 0 Å². The first kappa shape index (κ1) is 25.1. The zero-order valence-electron chi connectivity index (χ0n) is 20.2. The van der Waals surface area contributed by atoms with Gasteiger partial charge in [-0.3, -0.25) is 14.4 Å². The number of aliphatic hydroxyl groups excluding tert-OH is 1. The van der Waals surface area contributed by atoms with Crippen molar-refractivity contribution in [2.75, 3.05) is 19.7 Å². The molecule has 0 radical (unpaired) electrons. The van der Waals surface area contributed by atoms with Crippen LogP contribution in [0.4, 0.5) is 0 Å². The smallest absolute Gasteiger partial charge is 0.308 e. The number of hydrogen-bond donors (Lipinski definition) is 2. The van der Waals surface area contributed by atoms with Gasteiger partial charge in [-0.2, -0.15) is 0 Å². The number of likely N-dealkylation sites (tertiary alicyclic amines) is 1. The molecule has 3 fully saturated rings. The normalized spacial score (nSPS) is 34.0. The fraction of sp³-hybridized carbons (Fsp3) is 0.792. The molecule has 0 aromatic heterocycles. The van der Waals surface area contributed by atoms with Crippen molar-refractivity contribution in [3.8, 4) is 0 Å². The molecule has 3 rings (SSSR count). The van der Waals surface area contributed by atoms with Crippen LogP contribution in [0.2, 0.25) is 0 Å². The SMILES string of the molecule is C=CCN(C(=O)C1N(CCO)C(=O)[C@@H]2[C@@H](C(=O)O)[C@@]3(C)CCC12S3)C(C)(C)CC(C)(C)C. The molecular formula is C24H38N2O5S. The Morgan fingerprint density at radius 3 is 2.41 bits per heavy atom. The van der Waals surface area contributed by atoms with Gasteiger partial charge in [0.15, 0.2) is 0 Å². The highest BCUT2D eigenvalue weighted by Gasteiger charge is 2.77. The molecule has 2 N–H and O–H groups in total. The van der Waals surface area contributed by atoms with Crippen molar-refractivity contribution in [2.24, 2.45) is 17.3 Å². The predicted octanol–water partition coefficient (Wildman–Crippen LogP) is 2.77. The lowest BCUT2D eigenvalue weighted by Crippen LogP contribution is -2.60. The van der Waals surface area contributed by atoms with Crippen LogP contribution < -0.4 is 0 Å². The molecule has 3 heterocycles. The van der Waals surface area contributed by atoms with E-state index in [0.717, 1.165) is 6.42 Å². The van der Waals surface area contributed by atoms with Crippen molar-refractivity contribution in [3.05, 3.63) is 12.7 Å². The predicted molar refractivity (Wildman–Crippen MR) is 125 cm³/mol. The Kier molecular flexibility index (Phi) is 6.31. The summed E-state index contributed by atoms with van der Waals surface area (Å²) in [5.41, 5.74) is -0.522. The Morgan fingerprint density at radius 2 is 1.91 bits per heavy atom. The lowest BCUT2D eigenvalue weighted by Gasteiger charge is -2.45. The van der Waals surface area contributed by atoms with Gasteiger partial charge in [0.2, 0.25) is 11.8 Å². The van der Waals surface area contributed by atoms with Crippen LogP contribution >= 0.6 is 11.8 Å². The third-order valence-electron chi connectivity index (χ3n) is 7.39. The first-order valence-electron chi connectivity index (χ1n) is 11.4. The lowest BCUT2D eigenvalue weighted by molar-refractivity contribution is -0.150. The first-order valence-corrected chi connectivity index (χ1v) is 12.2. The Hall–Kier alpha value is -1.54. The zero-order chi connectivity index (χ0) is 24.3. The maximum absolute atomic E-state index is 14.2. The second-order valence-corrected chi connectivity index (χ2v) is 13.5. The standard InChI is InChI=1S/C24H38N2O5S/c1-8-11-26(22(5,6)14-21(2,3)4)19(29)17-24-10-9-23(7,32-24)16(20(30)31)15(24)18(28)25(17)12-13-27/h8,15-17,27H,1,9-14H2,2-7H3,(H,30,31)/t15-,16-,17?,23+,24?/m0/s1. The van der Waals surface area contributed by atoms with Gasteiger partial charge in [-0.1, -0.05) is 26.8 Å². The number of aliphatic hydroxyl groups is 1. The van der Waals surface area contributed by atoms with E-state index in [9.17, 15) is 24.6 Å². The average molecular weight is 467 g/mol. The molecule has 0 saturated carbocycles. The maximum atomic E-state index is 14.2. The first-order chi connectivity index (χ1) is 14.6. The monoisotopic (exact) mass is 466 g/mol. The van der Waals surface area contributed by atoms with Crippen molar-refractivity contribution in [2.45, 2.75) is 81.9 Å².